The molecule has 3 rings (SSSR count). The third-order valence-corrected chi connectivity index (χ3v) is 3.99. The number of piperidine rings is 1. The lowest BCUT2D eigenvalue weighted by Gasteiger charge is -2.22. The highest BCUT2D eigenvalue weighted by Crippen LogP contribution is 2.16. The summed E-state index contributed by atoms with van der Waals surface area (Å²) >= 11 is 0. The highest BCUT2D eigenvalue weighted by Gasteiger charge is 2.17. The maximum Gasteiger partial charge on any atom is 0.277 e. The van der Waals surface area contributed by atoms with E-state index in [1.807, 2.05) is 35.9 Å². The highest BCUT2D eigenvalue weighted by atomic mass is 35.5. The van der Waals surface area contributed by atoms with Crippen LogP contribution in [0, 0.1) is 0 Å². The molecule has 0 radical (unpaired) electrons. The van der Waals surface area contributed by atoms with Crippen molar-refractivity contribution >= 4 is 29.8 Å². The smallest absolute Gasteiger partial charge is 0.277 e. The number of hydrogen-bond donors (Lipinski definition) is 2. The van der Waals surface area contributed by atoms with E-state index in [2.05, 4.69) is 20.7 Å². The number of halogens is 1. The summed E-state index contributed by atoms with van der Waals surface area (Å²) < 4.78 is 1.88. The van der Waals surface area contributed by atoms with Gasteiger partial charge in [-0.2, -0.15) is 5.10 Å². The van der Waals surface area contributed by atoms with Gasteiger partial charge in [0.05, 0.1) is 17.9 Å². The molecule has 1 unspecified atom stereocenters. The average molecular weight is 351 g/mol. The van der Waals surface area contributed by atoms with Crippen LogP contribution in [0.25, 0.3) is 0 Å². The topological polar surface area (TPSA) is 75.1 Å². The lowest BCUT2D eigenvalue weighted by atomic mass is 10.1. The summed E-state index contributed by atoms with van der Waals surface area (Å²) in [6.45, 7) is 1.95. The Labute approximate surface area is 147 Å². The molecule has 1 saturated heterocycles. The van der Waals surface area contributed by atoms with Crippen LogP contribution in [0.5, 0.6) is 0 Å². The van der Waals surface area contributed by atoms with E-state index in [9.17, 15) is 4.79 Å². The standard InChI is InChI=1S/C16H22N6O.ClH/c1-21(2)12-5-6-15(18-11-12)19-16(23)14-7-9-22(20-14)13-4-3-8-17-10-13;/h5-7,9,11,13,17H,3-4,8,10H2,1-2H3,(H,18,19,23);1H. The second kappa shape index (κ2) is 8.12. The summed E-state index contributed by atoms with van der Waals surface area (Å²) in [6, 6.07) is 5.77. The minimum absolute atomic E-state index is 0. The molecule has 0 saturated carbocycles. The number of rotatable bonds is 4. The summed E-state index contributed by atoms with van der Waals surface area (Å²) in [7, 11) is 3.89. The fourth-order valence-corrected chi connectivity index (χ4v) is 2.63. The fourth-order valence-electron chi connectivity index (χ4n) is 2.63. The van der Waals surface area contributed by atoms with Crippen LogP contribution in [0.1, 0.15) is 29.4 Å². The van der Waals surface area contributed by atoms with Gasteiger partial charge in [0.15, 0.2) is 5.69 Å². The Morgan fingerprint density at radius 1 is 1.38 bits per heavy atom. The Bertz CT molecular complexity index is 663. The second-order valence-corrected chi connectivity index (χ2v) is 5.93. The molecule has 0 spiro atoms. The number of aromatic nitrogens is 3. The lowest BCUT2D eigenvalue weighted by Crippen LogP contribution is -2.32. The van der Waals surface area contributed by atoms with Gasteiger partial charge < -0.3 is 15.5 Å². The summed E-state index contributed by atoms with van der Waals surface area (Å²) in [5.74, 6) is 0.284. The molecule has 2 aromatic heterocycles. The average Bonchev–Trinajstić information content (AvgIpc) is 3.06. The van der Waals surface area contributed by atoms with E-state index in [0.717, 1.165) is 31.6 Å². The van der Waals surface area contributed by atoms with Crippen molar-refractivity contribution in [3.63, 3.8) is 0 Å². The zero-order valence-corrected chi connectivity index (χ0v) is 14.7. The summed E-state index contributed by atoms with van der Waals surface area (Å²) in [4.78, 5) is 18.5. The van der Waals surface area contributed by atoms with E-state index in [-0.39, 0.29) is 18.3 Å². The summed E-state index contributed by atoms with van der Waals surface area (Å²) in [5, 5.41) is 10.5. The predicted octanol–water partition coefficient (Wildman–Crippen LogP) is 1.94. The van der Waals surface area contributed by atoms with Gasteiger partial charge in [0.1, 0.15) is 5.82 Å². The third kappa shape index (κ3) is 4.24. The van der Waals surface area contributed by atoms with E-state index in [0.29, 0.717) is 17.6 Å². The molecule has 8 heteroatoms. The second-order valence-electron chi connectivity index (χ2n) is 5.93. The number of carbonyl (C=O) groups excluding carboxylic acids is 1. The molecule has 1 atom stereocenters. The molecule has 1 aliphatic rings. The molecular formula is C16H23ClN6O. The molecule has 7 nitrogen and oxygen atoms in total. The SMILES string of the molecule is CN(C)c1ccc(NC(=O)c2ccn(C3CCCNC3)n2)nc1.Cl. The largest absolute Gasteiger partial charge is 0.376 e. The molecule has 0 aromatic carbocycles. The number of nitrogens with one attached hydrogen (secondary N) is 2. The highest BCUT2D eigenvalue weighted by molar-refractivity contribution is 6.02. The molecule has 0 bridgehead atoms. The van der Waals surface area contributed by atoms with Crippen LogP contribution >= 0.6 is 12.4 Å². The van der Waals surface area contributed by atoms with Gasteiger partial charge in [-0.05, 0) is 37.6 Å². The van der Waals surface area contributed by atoms with E-state index in [4.69, 9.17) is 0 Å². The number of hydrogen-bond acceptors (Lipinski definition) is 5. The molecule has 2 aromatic rings. The maximum atomic E-state index is 12.3. The van der Waals surface area contributed by atoms with Crippen molar-refractivity contribution in [3.05, 3.63) is 36.3 Å². The first-order chi connectivity index (χ1) is 11.1. The first-order valence-electron chi connectivity index (χ1n) is 7.84. The monoisotopic (exact) mass is 350 g/mol. The Hall–Kier alpha value is -2.12. The van der Waals surface area contributed by atoms with Crippen LogP contribution in [0.4, 0.5) is 11.5 Å². The summed E-state index contributed by atoms with van der Waals surface area (Å²) in [5.41, 5.74) is 1.39. The van der Waals surface area contributed by atoms with Crippen molar-refractivity contribution in [2.75, 3.05) is 37.4 Å². The van der Waals surface area contributed by atoms with Gasteiger partial charge in [-0.3, -0.25) is 9.48 Å². The normalized spacial score (nSPS) is 17.0. The van der Waals surface area contributed by atoms with Gasteiger partial charge in [-0.1, -0.05) is 0 Å². The first-order valence-corrected chi connectivity index (χ1v) is 7.84. The number of nitrogens with zero attached hydrogens (tertiary/aromatic N) is 4. The van der Waals surface area contributed by atoms with Gasteiger partial charge in [0.2, 0.25) is 0 Å². The van der Waals surface area contributed by atoms with Crippen molar-refractivity contribution in [2.24, 2.45) is 0 Å². The van der Waals surface area contributed by atoms with E-state index < -0.39 is 0 Å². The zero-order valence-electron chi connectivity index (χ0n) is 13.9. The van der Waals surface area contributed by atoms with Crippen molar-refractivity contribution in [2.45, 2.75) is 18.9 Å². The zero-order chi connectivity index (χ0) is 16.2. The molecule has 3 heterocycles. The van der Waals surface area contributed by atoms with Crippen molar-refractivity contribution in [1.29, 1.82) is 0 Å². The number of amides is 1. The van der Waals surface area contributed by atoms with Gasteiger partial charge in [0, 0.05) is 26.8 Å². The van der Waals surface area contributed by atoms with Gasteiger partial charge >= 0.3 is 0 Å². The minimum Gasteiger partial charge on any atom is -0.376 e. The molecule has 2 N–H and O–H groups in total. The number of pyridine rings is 1. The van der Waals surface area contributed by atoms with Crippen molar-refractivity contribution in [3.8, 4) is 0 Å². The van der Waals surface area contributed by atoms with E-state index >= 15 is 0 Å². The maximum absolute atomic E-state index is 12.3. The minimum atomic E-state index is -0.238. The van der Waals surface area contributed by atoms with Gasteiger partial charge in [-0.15, -0.1) is 12.4 Å². The molecular weight excluding hydrogens is 328 g/mol. The third-order valence-electron chi connectivity index (χ3n) is 3.99. The van der Waals surface area contributed by atoms with Crippen LogP contribution in [0.15, 0.2) is 30.6 Å². The van der Waals surface area contributed by atoms with Crippen molar-refractivity contribution < 1.29 is 4.79 Å². The van der Waals surface area contributed by atoms with Gasteiger partial charge in [-0.25, -0.2) is 4.98 Å². The predicted molar refractivity (Wildman–Crippen MR) is 97.1 cm³/mol. The van der Waals surface area contributed by atoms with Crippen LogP contribution in [0.3, 0.4) is 0 Å². The quantitative estimate of drug-likeness (QED) is 0.881. The molecule has 1 aliphatic heterocycles. The van der Waals surface area contributed by atoms with E-state index in [1.165, 1.54) is 0 Å². The van der Waals surface area contributed by atoms with E-state index in [1.54, 1.807) is 18.3 Å². The first kappa shape index (κ1) is 18.2. The number of carbonyl (C=O) groups is 1. The molecule has 1 fully saturated rings. The van der Waals surface area contributed by atoms with Crippen molar-refractivity contribution in [1.82, 2.24) is 20.1 Å². The molecule has 24 heavy (non-hydrogen) atoms. The lowest BCUT2D eigenvalue weighted by molar-refractivity contribution is 0.102. The van der Waals surface area contributed by atoms with Crippen LogP contribution in [0.2, 0.25) is 0 Å². The van der Waals surface area contributed by atoms with Crippen LogP contribution < -0.4 is 15.5 Å². The number of anilines is 2. The van der Waals surface area contributed by atoms with Gasteiger partial charge in [0.25, 0.3) is 5.91 Å². The molecule has 130 valence electrons. The molecule has 1 amide bonds. The Balaban J connectivity index is 0.00000208. The Morgan fingerprint density at radius 2 is 2.21 bits per heavy atom. The Morgan fingerprint density at radius 3 is 2.83 bits per heavy atom. The van der Waals surface area contributed by atoms with Crippen LogP contribution in [-0.2, 0) is 0 Å². The Kier molecular flexibility index (Phi) is 6.16. The molecule has 0 aliphatic carbocycles. The summed E-state index contributed by atoms with van der Waals surface area (Å²) in [6.07, 6.45) is 5.81. The van der Waals surface area contributed by atoms with Crippen LogP contribution in [-0.4, -0.2) is 47.9 Å². The fraction of sp³-hybridized carbons (Fsp3) is 0.438.